The van der Waals surface area contributed by atoms with Crippen LogP contribution in [0.4, 0.5) is 5.69 Å². The first-order chi connectivity index (χ1) is 15.2. The van der Waals surface area contributed by atoms with Gasteiger partial charge in [-0.05, 0) is 56.2 Å². The molecule has 0 saturated heterocycles. The molecule has 3 rings (SSSR count). The van der Waals surface area contributed by atoms with Gasteiger partial charge < -0.3 is 5.32 Å². The average Bonchev–Trinajstić information content (AvgIpc) is 2.76. The molecule has 0 heterocycles. The fourth-order valence-electron chi connectivity index (χ4n) is 3.37. The van der Waals surface area contributed by atoms with Crippen LogP contribution in [0.15, 0.2) is 82.2 Å². The van der Waals surface area contributed by atoms with Crippen molar-refractivity contribution in [2.45, 2.75) is 38.1 Å². The maximum Gasteiger partial charge on any atom is 0.264 e. The van der Waals surface area contributed by atoms with E-state index in [-0.39, 0.29) is 23.4 Å². The molecule has 0 radical (unpaired) electrons. The molecule has 32 heavy (non-hydrogen) atoms. The van der Waals surface area contributed by atoms with Gasteiger partial charge in [0.1, 0.15) is 6.54 Å². The van der Waals surface area contributed by atoms with Crippen molar-refractivity contribution in [1.29, 1.82) is 0 Å². The number of amides is 1. The summed E-state index contributed by atoms with van der Waals surface area (Å²) in [6.07, 6.45) is 0.691. The fourth-order valence-corrected chi connectivity index (χ4v) is 5.17. The van der Waals surface area contributed by atoms with E-state index in [1.165, 1.54) is 0 Å². The van der Waals surface area contributed by atoms with Gasteiger partial charge in [-0.3, -0.25) is 9.10 Å². The van der Waals surface area contributed by atoms with Crippen molar-refractivity contribution in [2.24, 2.45) is 0 Å². The van der Waals surface area contributed by atoms with Gasteiger partial charge in [-0.25, -0.2) is 8.42 Å². The Labute approximate surface area is 198 Å². The minimum Gasteiger partial charge on any atom is -0.348 e. The van der Waals surface area contributed by atoms with Crippen LogP contribution in [0.25, 0.3) is 0 Å². The summed E-state index contributed by atoms with van der Waals surface area (Å²) in [4.78, 5) is 13.2. The Hall–Kier alpha value is -2.64. The van der Waals surface area contributed by atoms with Crippen molar-refractivity contribution in [3.63, 3.8) is 0 Å². The number of nitrogens with zero attached hydrogens (tertiary/aromatic N) is 1. The molecule has 0 aromatic heterocycles. The smallest absolute Gasteiger partial charge is 0.264 e. The fraction of sp³-hybridized carbons (Fsp3) is 0.240. The van der Waals surface area contributed by atoms with Crippen LogP contribution < -0.4 is 9.62 Å². The number of carbonyl (C=O) groups excluding carboxylic acids is 1. The maximum absolute atomic E-state index is 13.5. The second kappa shape index (κ2) is 10.3. The average molecular weight is 515 g/mol. The van der Waals surface area contributed by atoms with E-state index in [9.17, 15) is 13.2 Å². The standard InChI is InChI=1S/C25H27BrN2O3S/c1-4-24(20-12-8-18(2)9-13-20)27-25(29)17-28(22-7-5-6-21(26)16-22)32(30,31)23-14-10-19(3)11-15-23/h5-16,24H,4,17H2,1-3H3,(H,27,29)/t24-/m0/s1. The predicted molar refractivity (Wildman–Crippen MR) is 132 cm³/mol. The van der Waals surface area contributed by atoms with Crippen LogP contribution in [0.3, 0.4) is 0 Å². The number of rotatable bonds is 8. The Balaban J connectivity index is 1.91. The highest BCUT2D eigenvalue weighted by molar-refractivity contribution is 9.10. The molecule has 0 spiro atoms. The lowest BCUT2D eigenvalue weighted by atomic mass is 10.0. The van der Waals surface area contributed by atoms with Gasteiger partial charge in [0.25, 0.3) is 10.0 Å². The summed E-state index contributed by atoms with van der Waals surface area (Å²) < 4.78 is 28.8. The zero-order valence-electron chi connectivity index (χ0n) is 18.4. The van der Waals surface area contributed by atoms with Gasteiger partial charge in [0.2, 0.25) is 5.91 Å². The summed E-state index contributed by atoms with van der Waals surface area (Å²) in [6, 6.07) is 21.3. The molecule has 0 aliphatic heterocycles. The molecule has 0 aliphatic carbocycles. The summed E-state index contributed by atoms with van der Waals surface area (Å²) in [5, 5.41) is 2.99. The molecule has 3 aromatic rings. The van der Waals surface area contributed by atoms with E-state index in [4.69, 9.17) is 0 Å². The molecule has 0 fully saturated rings. The lowest BCUT2D eigenvalue weighted by molar-refractivity contribution is -0.120. The second-order valence-corrected chi connectivity index (χ2v) is 10.5. The summed E-state index contributed by atoms with van der Waals surface area (Å²) in [5.41, 5.74) is 3.50. The highest BCUT2D eigenvalue weighted by atomic mass is 79.9. The van der Waals surface area contributed by atoms with Crippen molar-refractivity contribution >= 4 is 37.5 Å². The zero-order valence-corrected chi connectivity index (χ0v) is 20.8. The Bertz CT molecular complexity index is 1180. The van der Waals surface area contributed by atoms with Crippen LogP contribution in [0.2, 0.25) is 0 Å². The third kappa shape index (κ3) is 5.78. The van der Waals surface area contributed by atoms with Gasteiger partial charge in [0.15, 0.2) is 0 Å². The summed E-state index contributed by atoms with van der Waals surface area (Å²) >= 11 is 3.40. The number of nitrogens with one attached hydrogen (secondary N) is 1. The topological polar surface area (TPSA) is 66.5 Å². The second-order valence-electron chi connectivity index (χ2n) is 7.74. The SMILES string of the molecule is CC[C@H](NC(=O)CN(c1cccc(Br)c1)S(=O)(=O)c1ccc(C)cc1)c1ccc(C)cc1. The number of aryl methyl sites for hydroxylation is 2. The number of sulfonamides is 1. The molecule has 3 aromatic carbocycles. The van der Waals surface area contributed by atoms with Crippen LogP contribution in [0, 0.1) is 13.8 Å². The molecule has 1 atom stereocenters. The van der Waals surface area contributed by atoms with Gasteiger partial charge in [0, 0.05) is 4.47 Å². The minimum atomic E-state index is -3.94. The van der Waals surface area contributed by atoms with Crippen LogP contribution in [-0.4, -0.2) is 20.9 Å². The number of carbonyl (C=O) groups is 1. The Kier molecular flexibility index (Phi) is 7.74. The van der Waals surface area contributed by atoms with E-state index in [2.05, 4.69) is 21.2 Å². The van der Waals surface area contributed by atoms with Gasteiger partial charge in [-0.15, -0.1) is 0 Å². The Morgan fingerprint density at radius 1 is 0.969 bits per heavy atom. The quantitative estimate of drug-likeness (QED) is 0.429. The minimum absolute atomic E-state index is 0.140. The summed E-state index contributed by atoms with van der Waals surface area (Å²) in [7, 11) is -3.94. The lowest BCUT2D eigenvalue weighted by Gasteiger charge is -2.26. The first kappa shape index (κ1) is 24.0. The van der Waals surface area contributed by atoms with E-state index in [1.54, 1.807) is 42.5 Å². The summed E-state index contributed by atoms with van der Waals surface area (Å²) in [5.74, 6) is -0.368. The van der Waals surface area contributed by atoms with E-state index < -0.39 is 10.0 Å². The highest BCUT2D eigenvalue weighted by Gasteiger charge is 2.28. The third-order valence-electron chi connectivity index (χ3n) is 5.22. The molecule has 1 amide bonds. The van der Waals surface area contributed by atoms with Crippen molar-refractivity contribution in [3.05, 3.63) is 94.0 Å². The van der Waals surface area contributed by atoms with Crippen LogP contribution in [0.5, 0.6) is 0 Å². The van der Waals surface area contributed by atoms with Gasteiger partial charge in [-0.2, -0.15) is 0 Å². The molecular formula is C25H27BrN2O3S. The van der Waals surface area contributed by atoms with Gasteiger partial charge >= 0.3 is 0 Å². The van der Waals surface area contributed by atoms with Crippen LogP contribution in [0.1, 0.15) is 36.1 Å². The van der Waals surface area contributed by atoms with Crippen molar-refractivity contribution in [2.75, 3.05) is 10.8 Å². The normalized spacial score (nSPS) is 12.2. The first-order valence-corrected chi connectivity index (χ1v) is 12.6. The number of hydrogen-bond acceptors (Lipinski definition) is 3. The van der Waals surface area contributed by atoms with E-state index >= 15 is 0 Å². The Morgan fingerprint density at radius 3 is 2.12 bits per heavy atom. The molecule has 0 bridgehead atoms. The molecule has 5 nitrogen and oxygen atoms in total. The molecule has 0 saturated carbocycles. The number of halogens is 1. The number of hydrogen-bond donors (Lipinski definition) is 1. The zero-order chi connectivity index (χ0) is 23.3. The maximum atomic E-state index is 13.5. The third-order valence-corrected chi connectivity index (χ3v) is 7.50. The number of anilines is 1. The highest BCUT2D eigenvalue weighted by Crippen LogP contribution is 2.27. The van der Waals surface area contributed by atoms with Crippen LogP contribution in [-0.2, 0) is 14.8 Å². The van der Waals surface area contributed by atoms with E-state index in [0.717, 1.165) is 25.5 Å². The van der Waals surface area contributed by atoms with E-state index in [0.29, 0.717) is 12.1 Å². The largest absolute Gasteiger partial charge is 0.348 e. The van der Waals surface area contributed by atoms with Crippen molar-refractivity contribution in [1.82, 2.24) is 5.32 Å². The van der Waals surface area contributed by atoms with Crippen molar-refractivity contribution in [3.8, 4) is 0 Å². The van der Waals surface area contributed by atoms with Crippen LogP contribution >= 0.6 is 15.9 Å². The Morgan fingerprint density at radius 2 is 1.56 bits per heavy atom. The first-order valence-electron chi connectivity index (χ1n) is 10.4. The molecule has 0 unspecified atom stereocenters. The molecule has 7 heteroatoms. The molecule has 0 aliphatic rings. The number of benzene rings is 3. The van der Waals surface area contributed by atoms with Gasteiger partial charge in [-0.1, -0.05) is 76.4 Å². The molecule has 168 valence electrons. The molecule has 1 N–H and O–H groups in total. The summed E-state index contributed by atoms with van der Waals surface area (Å²) in [6.45, 7) is 5.57. The van der Waals surface area contributed by atoms with E-state index in [1.807, 2.05) is 51.1 Å². The van der Waals surface area contributed by atoms with Gasteiger partial charge in [0.05, 0.1) is 16.6 Å². The monoisotopic (exact) mass is 514 g/mol. The molecular weight excluding hydrogens is 488 g/mol. The predicted octanol–water partition coefficient (Wildman–Crippen LogP) is 5.53. The van der Waals surface area contributed by atoms with Crippen molar-refractivity contribution < 1.29 is 13.2 Å². The lowest BCUT2D eigenvalue weighted by Crippen LogP contribution is -2.42.